The maximum atomic E-state index is 12.6. The van der Waals surface area contributed by atoms with Crippen molar-refractivity contribution in [1.29, 1.82) is 0 Å². The van der Waals surface area contributed by atoms with E-state index in [1.807, 2.05) is 6.07 Å². The predicted molar refractivity (Wildman–Crippen MR) is 51.9 cm³/mol. The van der Waals surface area contributed by atoms with Crippen molar-refractivity contribution in [2.24, 2.45) is 0 Å². The van der Waals surface area contributed by atoms with Crippen LogP contribution in [0.1, 0.15) is 5.56 Å². The van der Waals surface area contributed by atoms with E-state index in [2.05, 4.69) is 21.2 Å². The Labute approximate surface area is 80.1 Å². The second kappa shape index (κ2) is 5.27. The molecule has 0 atom stereocenters. The third-order valence-corrected chi connectivity index (χ3v) is 1.97. The van der Waals surface area contributed by atoms with Crippen LogP contribution in [0, 0.1) is 5.82 Å². The molecule has 66 valence electrons. The molecule has 12 heavy (non-hydrogen) atoms. The molecule has 0 bridgehead atoms. The summed E-state index contributed by atoms with van der Waals surface area (Å²) in [5.41, 5.74) is 1.81. The van der Waals surface area contributed by atoms with Crippen LogP contribution in [0.25, 0.3) is 0 Å². The van der Waals surface area contributed by atoms with Gasteiger partial charge in [0.05, 0.1) is 5.45 Å². The molecule has 0 unspecified atom stereocenters. The molecule has 0 saturated carbocycles. The standard InChI is InChI=1S/C9H11BrFN/c10-7-12-5-4-8-2-1-3-9(11)6-8/h1-3,6,12H,4-5,7H2. The average Bonchev–Trinajstić information content (AvgIpc) is 2.05. The zero-order valence-corrected chi connectivity index (χ0v) is 8.27. The summed E-state index contributed by atoms with van der Waals surface area (Å²) >= 11 is 3.25. The van der Waals surface area contributed by atoms with E-state index in [1.165, 1.54) is 6.07 Å². The molecule has 0 amide bonds. The number of hydrogen-bond donors (Lipinski definition) is 1. The van der Waals surface area contributed by atoms with E-state index in [9.17, 15) is 4.39 Å². The van der Waals surface area contributed by atoms with Crippen LogP contribution in [0.5, 0.6) is 0 Å². The van der Waals surface area contributed by atoms with Crippen LogP contribution in [0.3, 0.4) is 0 Å². The molecule has 0 heterocycles. The van der Waals surface area contributed by atoms with Gasteiger partial charge < -0.3 is 5.32 Å². The van der Waals surface area contributed by atoms with Crippen molar-refractivity contribution in [2.75, 3.05) is 12.0 Å². The van der Waals surface area contributed by atoms with E-state index >= 15 is 0 Å². The Bertz CT molecular complexity index is 240. The van der Waals surface area contributed by atoms with Gasteiger partial charge in [0.1, 0.15) is 5.82 Å². The fourth-order valence-corrected chi connectivity index (χ4v) is 1.27. The molecule has 0 aromatic heterocycles. The topological polar surface area (TPSA) is 12.0 Å². The highest BCUT2D eigenvalue weighted by Crippen LogP contribution is 2.03. The summed E-state index contributed by atoms with van der Waals surface area (Å²) in [6, 6.07) is 6.69. The van der Waals surface area contributed by atoms with Crippen molar-refractivity contribution in [3.8, 4) is 0 Å². The second-order valence-electron chi connectivity index (χ2n) is 2.51. The number of rotatable bonds is 4. The quantitative estimate of drug-likeness (QED) is 0.477. The third kappa shape index (κ3) is 3.32. The van der Waals surface area contributed by atoms with Crippen molar-refractivity contribution in [1.82, 2.24) is 5.32 Å². The molecule has 0 aliphatic carbocycles. The fraction of sp³-hybridized carbons (Fsp3) is 0.333. The van der Waals surface area contributed by atoms with Gasteiger partial charge in [0, 0.05) is 0 Å². The monoisotopic (exact) mass is 231 g/mol. The highest BCUT2D eigenvalue weighted by atomic mass is 79.9. The zero-order valence-electron chi connectivity index (χ0n) is 6.69. The summed E-state index contributed by atoms with van der Waals surface area (Å²) in [7, 11) is 0. The van der Waals surface area contributed by atoms with Gasteiger partial charge in [0.25, 0.3) is 0 Å². The number of halogens is 2. The summed E-state index contributed by atoms with van der Waals surface area (Å²) in [4.78, 5) is 0. The first-order valence-electron chi connectivity index (χ1n) is 3.84. The minimum Gasteiger partial charge on any atom is -0.307 e. The van der Waals surface area contributed by atoms with Crippen LogP contribution in [-0.4, -0.2) is 12.0 Å². The maximum absolute atomic E-state index is 12.6. The highest BCUT2D eigenvalue weighted by Gasteiger charge is 1.93. The summed E-state index contributed by atoms with van der Waals surface area (Å²) in [5.74, 6) is -0.161. The molecule has 0 spiro atoms. The lowest BCUT2D eigenvalue weighted by Gasteiger charge is -2.00. The molecule has 0 radical (unpaired) electrons. The fourth-order valence-electron chi connectivity index (χ4n) is 0.992. The second-order valence-corrected chi connectivity index (χ2v) is 3.07. The first-order valence-corrected chi connectivity index (χ1v) is 4.96. The van der Waals surface area contributed by atoms with Crippen LogP contribution in [0.4, 0.5) is 4.39 Å². The van der Waals surface area contributed by atoms with Gasteiger partial charge in [-0.15, -0.1) is 0 Å². The van der Waals surface area contributed by atoms with E-state index in [4.69, 9.17) is 0 Å². The molecule has 0 saturated heterocycles. The molecule has 1 aromatic carbocycles. The van der Waals surface area contributed by atoms with Gasteiger partial charge in [-0.1, -0.05) is 28.1 Å². The highest BCUT2D eigenvalue weighted by molar-refractivity contribution is 9.09. The first kappa shape index (κ1) is 9.68. The molecular weight excluding hydrogens is 221 g/mol. The molecule has 1 nitrogen and oxygen atoms in total. The summed E-state index contributed by atoms with van der Waals surface area (Å²) in [6.45, 7) is 0.870. The Morgan fingerprint density at radius 3 is 2.92 bits per heavy atom. The van der Waals surface area contributed by atoms with Crippen LogP contribution < -0.4 is 5.32 Å². The van der Waals surface area contributed by atoms with E-state index in [0.717, 1.165) is 24.0 Å². The predicted octanol–water partition coefficient (Wildman–Crippen LogP) is 2.31. The van der Waals surface area contributed by atoms with Crippen molar-refractivity contribution in [2.45, 2.75) is 6.42 Å². The van der Waals surface area contributed by atoms with Crippen molar-refractivity contribution in [3.05, 3.63) is 35.6 Å². The molecule has 3 heteroatoms. The van der Waals surface area contributed by atoms with E-state index in [1.54, 1.807) is 12.1 Å². The summed E-state index contributed by atoms with van der Waals surface area (Å²) in [6.07, 6.45) is 0.864. The van der Waals surface area contributed by atoms with Crippen LogP contribution in [0.15, 0.2) is 24.3 Å². The Hall–Kier alpha value is -0.410. The van der Waals surface area contributed by atoms with Crippen LogP contribution in [0.2, 0.25) is 0 Å². The number of alkyl halides is 1. The molecule has 1 N–H and O–H groups in total. The van der Waals surface area contributed by atoms with Gasteiger partial charge in [-0.05, 0) is 30.7 Å². The lowest BCUT2D eigenvalue weighted by Crippen LogP contribution is -2.14. The number of nitrogens with one attached hydrogen (secondary N) is 1. The van der Waals surface area contributed by atoms with Crippen LogP contribution >= 0.6 is 15.9 Å². The Morgan fingerprint density at radius 2 is 2.25 bits per heavy atom. The largest absolute Gasteiger partial charge is 0.307 e. The van der Waals surface area contributed by atoms with Crippen molar-refractivity contribution >= 4 is 15.9 Å². The van der Waals surface area contributed by atoms with Gasteiger partial charge in [-0.3, -0.25) is 0 Å². The Kier molecular flexibility index (Phi) is 4.25. The summed E-state index contributed by atoms with van der Waals surface area (Å²) in [5, 5.41) is 3.11. The van der Waals surface area contributed by atoms with Gasteiger partial charge in [0.2, 0.25) is 0 Å². The smallest absolute Gasteiger partial charge is 0.123 e. The Balaban J connectivity index is 2.41. The SMILES string of the molecule is Fc1cccc(CCNCBr)c1. The molecular formula is C9H11BrFN. The van der Waals surface area contributed by atoms with Gasteiger partial charge in [-0.25, -0.2) is 4.39 Å². The lowest BCUT2D eigenvalue weighted by atomic mass is 10.1. The maximum Gasteiger partial charge on any atom is 0.123 e. The molecule has 0 aliphatic heterocycles. The minimum atomic E-state index is -0.161. The van der Waals surface area contributed by atoms with Crippen molar-refractivity contribution < 1.29 is 4.39 Å². The summed E-state index contributed by atoms with van der Waals surface area (Å²) < 4.78 is 12.6. The van der Waals surface area contributed by atoms with E-state index < -0.39 is 0 Å². The molecule has 1 rings (SSSR count). The lowest BCUT2D eigenvalue weighted by molar-refractivity contribution is 0.624. The molecule has 0 fully saturated rings. The van der Waals surface area contributed by atoms with Gasteiger partial charge in [-0.2, -0.15) is 0 Å². The molecule has 1 aromatic rings. The first-order chi connectivity index (χ1) is 5.83. The van der Waals surface area contributed by atoms with Crippen LogP contribution in [-0.2, 0) is 6.42 Å². The van der Waals surface area contributed by atoms with Gasteiger partial charge in [0.15, 0.2) is 0 Å². The molecule has 0 aliphatic rings. The normalized spacial score (nSPS) is 10.2. The van der Waals surface area contributed by atoms with E-state index in [0.29, 0.717) is 0 Å². The third-order valence-electron chi connectivity index (χ3n) is 1.57. The van der Waals surface area contributed by atoms with Gasteiger partial charge >= 0.3 is 0 Å². The van der Waals surface area contributed by atoms with E-state index in [-0.39, 0.29) is 5.82 Å². The Morgan fingerprint density at radius 1 is 1.42 bits per heavy atom. The minimum absolute atomic E-state index is 0.161. The number of benzene rings is 1. The number of hydrogen-bond acceptors (Lipinski definition) is 1. The average molecular weight is 232 g/mol. The zero-order chi connectivity index (χ0) is 8.81. The van der Waals surface area contributed by atoms with Crippen molar-refractivity contribution in [3.63, 3.8) is 0 Å².